The minimum Gasteiger partial charge on any atom is -0.378 e. The zero-order valence-electron chi connectivity index (χ0n) is 11.0. The molecule has 2 aliphatic heterocycles. The molecule has 2 saturated heterocycles. The van der Waals surface area contributed by atoms with Gasteiger partial charge in [-0.25, -0.2) is 0 Å². The van der Waals surface area contributed by atoms with Crippen molar-refractivity contribution in [3.05, 3.63) is 0 Å². The van der Waals surface area contributed by atoms with E-state index in [-0.39, 0.29) is 18.3 Å². The Morgan fingerprint density at radius 3 is 2.89 bits per heavy atom. The van der Waals surface area contributed by atoms with Gasteiger partial charge in [0.1, 0.15) is 0 Å². The maximum atomic E-state index is 11.7. The van der Waals surface area contributed by atoms with Gasteiger partial charge in [-0.2, -0.15) is 0 Å². The van der Waals surface area contributed by atoms with E-state index in [0.717, 1.165) is 45.5 Å². The third-order valence-corrected chi connectivity index (χ3v) is 3.70. The van der Waals surface area contributed by atoms with Gasteiger partial charge < -0.3 is 15.4 Å². The highest BCUT2D eigenvalue weighted by atomic mass is 35.5. The summed E-state index contributed by atoms with van der Waals surface area (Å²) in [6.07, 6.45) is 6.58. The summed E-state index contributed by atoms with van der Waals surface area (Å²) in [6, 6.07) is 0. The quantitative estimate of drug-likeness (QED) is 0.800. The van der Waals surface area contributed by atoms with Gasteiger partial charge in [0.2, 0.25) is 5.91 Å². The summed E-state index contributed by atoms with van der Waals surface area (Å²) in [7, 11) is 0. The van der Waals surface area contributed by atoms with Crippen LogP contribution in [0.25, 0.3) is 0 Å². The van der Waals surface area contributed by atoms with Crippen molar-refractivity contribution in [2.24, 2.45) is 5.92 Å². The lowest BCUT2D eigenvalue weighted by Gasteiger charge is -2.22. The topological polar surface area (TPSA) is 50.4 Å². The number of carbonyl (C=O) groups excluding carboxylic acids is 1. The lowest BCUT2D eigenvalue weighted by atomic mass is 10.00. The lowest BCUT2D eigenvalue weighted by Crippen LogP contribution is -2.38. The van der Waals surface area contributed by atoms with Crippen LogP contribution >= 0.6 is 12.4 Å². The fraction of sp³-hybridized carbons (Fsp3) is 0.923. The second-order valence-corrected chi connectivity index (χ2v) is 5.19. The van der Waals surface area contributed by atoms with Crippen molar-refractivity contribution >= 4 is 18.3 Å². The highest BCUT2D eigenvalue weighted by Crippen LogP contribution is 2.16. The van der Waals surface area contributed by atoms with Gasteiger partial charge in [0.05, 0.1) is 6.10 Å². The molecule has 2 atom stereocenters. The third kappa shape index (κ3) is 5.55. The van der Waals surface area contributed by atoms with Gasteiger partial charge in [-0.15, -0.1) is 12.4 Å². The molecule has 5 heteroatoms. The van der Waals surface area contributed by atoms with Crippen LogP contribution in [0.2, 0.25) is 0 Å². The van der Waals surface area contributed by atoms with Crippen molar-refractivity contribution in [3.8, 4) is 0 Å². The molecule has 2 aliphatic rings. The van der Waals surface area contributed by atoms with Gasteiger partial charge in [-0.1, -0.05) is 0 Å². The van der Waals surface area contributed by atoms with Crippen LogP contribution in [-0.2, 0) is 9.53 Å². The molecule has 0 bridgehead atoms. The zero-order valence-corrected chi connectivity index (χ0v) is 11.8. The van der Waals surface area contributed by atoms with Crippen LogP contribution in [0.15, 0.2) is 0 Å². The number of hydrogen-bond acceptors (Lipinski definition) is 3. The maximum absolute atomic E-state index is 11.7. The van der Waals surface area contributed by atoms with E-state index in [1.54, 1.807) is 0 Å². The molecule has 0 aliphatic carbocycles. The number of piperidine rings is 1. The van der Waals surface area contributed by atoms with Crippen molar-refractivity contribution in [2.45, 2.75) is 44.6 Å². The van der Waals surface area contributed by atoms with Crippen molar-refractivity contribution in [2.75, 3.05) is 26.2 Å². The zero-order chi connectivity index (χ0) is 11.9. The monoisotopic (exact) mass is 276 g/mol. The van der Waals surface area contributed by atoms with Crippen LogP contribution < -0.4 is 10.6 Å². The average molecular weight is 277 g/mol. The SMILES string of the molecule is Cl.O=C(CCC1CCCO1)NCC1CCCNC1. The molecule has 0 aromatic heterocycles. The molecular formula is C13H25ClN2O2. The second-order valence-electron chi connectivity index (χ2n) is 5.19. The lowest BCUT2D eigenvalue weighted by molar-refractivity contribution is -0.121. The first kappa shape index (κ1) is 15.7. The number of ether oxygens (including phenoxy) is 1. The molecule has 1 amide bonds. The van der Waals surface area contributed by atoms with Gasteiger partial charge in [0.25, 0.3) is 0 Å². The third-order valence-electron chi connectivity index (χ3n) is 3.70. The second kappa shape index (κ2) is 8.73. The van der Waals surface area contributed by atoms with Crippen molar-refractivity contribution in [1.82, 2.24) is 10.6 Å². The molecule has 0 spiro atoms. The molecular weight excluding hydrogens is 252 g/mol. The molecule has 4 nitrogen and oxygen atoms in total. The summed E-state index contributed by atoms with van der Waals surface area (Å²) in [6.45, 7) is 3.88. The largest absolute Gasteiger partial charge is 0.378 e. The van der Waals surface area contributed by atoms with Gasteiger partial charge >= 0.3 is 0 Å². The van der Waals surface area contributed by atoms with Crippen LogP contribution in [0.1, 0.15) is 38.5 Å². The standard InChI is InChI=1S/C13H24N2O2.ClH/c16-13(6-5-12-4-2-8-17-12)15-10-11-3-1-7-14-9-11;/h11-12,14H,1-10H2,(H,15,16);1H. The van der Waals surface area contributed by atoms with Gasteiger partial charge in [0.15, 0.2) is 0 Å². The van der Waals surface area contributed by atoms with E-state index in [0.29, 0.717) is 18.4 Å². The first-order chi connectivity index (χ1) is 8.34. The molecule has 2 unspecified atom stereocenters. The van der Waals surface area contributed by atoms with E-state index in [2.05, 4.69) is 10.6 Å². The van der Waals surface area contributed by atoms with Crippen molar-refractivity contribution < 1.29 is 9.53 Å². The Balaban J connectivity index is 0.00000162. The van der Waals surface area contributed by atoms with Gasteiger partial charge in [-0.05, 0) is 51.1 Å². The molecule has 2 fully saturated rings. The highest BCUT2D eigenvalue weighted by Gasteiger charge is 2.17. The Bertz CT molecular complexity index is 239. The Hall–Kier alpha value is -0.320. The average Bonchev–Trinajstić information content (AvgIpc) is 2.88. The van der Waals surface area contributed by atoms with Crippen LogP contribution in [0.5, 0.6) is 0 Å². The minimum atomic E-state index is 0. The van der Waals surface area contributed by atoms with Crippen LogP contribution in [0.4, 0.5) is 0 Å². The van der Waals surface area contributed by atoms with E-state index in [1.807, 2.05) is 0 Å². The van der Waals surface area contributed by atoms with Crippen LogP contribution in [-0.4, -0.2) is 38.3 Å². The molecule has 2 rings (SSSR count). The molecule has 0 radical (unpaired) electrons. The first-order valence-corrected chi connectivity index (χ1v) is 6.93. The predicted molar refractivity (Wildman–Crippen MR) is 74.1 cm³/mol. The summed E-state index contributed by atoms with van der Waals surface area (Å²) in [5.74, 6) is 0.807. The van der Waals surface area contributed by atoms with E-state index >= 15 is 0 Å². The number of nitrogens with one attached hydrogen (secondary N) is 2. The fourth-order valence-corrected chi connectivity index (χ4v) is 2.61. The van der Waals surface area contributed by atoms with Gasteiger partial charge in [-0.3, -0.25) is 4.79 Å². The molecule has 106 valence electrons. The number of halogens is 1. The van der Waals surface area contributed by atoms with E-state index in [1.165, 1.54) is 12.8 Å². The number of hydrogen-bond donors (Lipinski definition) is 2. The molecule has 0 saturated carbocycles. The summed E-state index contributed by atoms with van der Waals surface area (Å²) in [5, 5.41) is 6.41. The Kier molecular flexibility index (Phi) is 7.63. The number of carbonyl (C=O) groups is 1. The Morgan fingerprint density at radius 2 is 2.22 bits per heavy atom. The molecule has 0 aromatic rings. The van der Waals surface area contributed by atoms with Crippen LogP contribution in [0.3, 0.4) is 0 Å². The fourth-order valence-electron chi connectivity index (χ4n) is 2.61. The highest BCUT2D eigenvalue weighted by molar-refractivity contribution is 5.85. The summed E-state index contributed by atoms with van der Waals surface area (Å²) < 4.78 is 5.51. The smallest absolute Gasteiger partial charge is 0.220 e. The molecule has 2 heterocycles. The molecule has 18 heavy (non-hydrogen) atoms. The van der Waals surface area contributed by atoms with E-state index in [4.69, 9.17) is 4.74 Å². The minimum absolute atomic E-state index is 0. The molecule has 2 N–H and O–H groups in total. The predicted octanol–water partition coefficient (Wildman–Crippen LogP) is 1.48. The Morgan fingerprint density at radius 1 is 1.33 bits per heavy atom. The summed E-state index contributed by atoms with van der Waals surface area (Å²) in [5.41, 5.74) is 0. The molecule has 0 aromatic carbocycles. The van der Waals surface area contributed by atoms with Crippen molar-refractivity contribution in [3.63, 3.8) is 0 Å². The summed E-state index contributed by atoms with van der Waals surface area (Å²) >= 11 is 0. The van der Waals surface area contributed by atoms with E-state index < -0.39 is 0 Å². The number of rotatable bonds is 5. The van der Waals surface area contributed by atoms with Crippen molar-refractivity contribution in [1.29, 1.82) is 0 Å². The Labute approximate surface area is 116 Å². The normalized spacial score (nSPS) is 27.6. The van der Waals surface area contributed by atoms with Gasteiger partial charge in [0, 0.05) is 19.6 Å². The summed E-state index contributed by atoms with van der Waals surface area (Å²) in [4.78, 5) is 11.7. The van der Waals surface area contributed by atoms with Crippen LogP contribution in [0, 0.1) is 5.92 Å². The first-order valence-electron chi connectivity index (χ1n) is 6.93. The van der Waals surface area contributed by atoms with E-state index in [9.17, 15) is 4.79 Å². The maximum Gasteiger partial charge on any atom is 0.220 e. The number of amides is 1.